The van der Waals surface area contributed by atoms with E-state index in [1.807, 2.05) is 0 Å². The summed E-state index contributed by atoms with van der Waals surface area (Å²) in [6.07, 6.45) is 1.44. The second-order valence-corrected chi connectivity index (χ2v) is 6.41. The molecule has 0 saturated heterocycles. The third kappa shape index (κ3) is 4.10. The number of benzene rings is 2. The molecule has 0 unspecified atom stereocenters. The van der Waals surface area contributed by atoms with Crippen LogP contribution in [0.4, 0.5) is 5.69 Å². The number of non-ortho nitro benzene ring substituents is 1. The first-order chi connectivity index (χ1) is 14.9. The summed E-state index contributed by atoms with van der Waals surface area (Å²) in [5.74, 6) is -0.121. The molecule has 1 aromatic heterocycles. The first-order valence-corrected chi connectivity index (χ1v) is 9.00. The Bertz CT molecular complexity index is 1240. The van der Waals surface area contributed by atoms with Gasteiger partial charge in [0.2, 0.25) is 5.90 Å². The topological polar surface area (TPSA) is 121 Å². The van der Waals surface area contributed by atoms with E-state index >= 15 is 0 Å². The fraction of sp³-hybridized carbons (Fsp3) is 0.0455. The van der Waals surface area contributed by atoms with Crippen molar-refractivity contribution in [3.63, 3.8) is 0 Å². The third-order valence-electron chi connectivity index (χ3n) is 4.44. The Morgan fingerprint density at radius 2 is 1.71 bits per heavy atom. The maximum absolute atomic E-state index is 12.1. The number of nitro groups is 1. The monoisotopic (exact) mass is 418 g/mol. The lowest BCUT2D eigenvalue weighted by molar-refractivity contribution is -0.384. The van der Waals surface area contributed by atoms with Gasteiger partial charge in [-0.15, -0.1) is 0 Å². The van der Waals surface area contributed by atoms with E-state index in [1.54, 1.807) is 36.4 Å². The van der Waals surface area contributed by atoms with Crippen LogP contribution in [-0.2, 0) is 14.3 Å². The van der Waals surface area contributed by atoms with Gasteiger partial charge in [0.1, 0.15) is 11.5 Å². The lowest BCUT2D eigenvalue weighted by Crippen LogP contribution is -2.05. The molecule has 0 N–H and O–H groups in total. The van der Waals surface area contributed by atoms with E-state index < -0.39 is 16.9 Å². The smallest absolute Gasteiger partial charge is 0.363 e. The highest BCUT2D eigenvalue weighted by atomic mass is 16.6. The number of carbonyl (C=O) groups is 2. The van der Waals surface area contributed by atoms with Crippen LogP contribution in [0.1, 0.15) is 21.7 Å². The van der Waals surface area contributed by atoms with Crippen LogP contribution in [0.25, 0.3) is 17.4 Å². The van der Waals surface area contributed by atoms with Gasteiger partial charge in [-0.3, -0.25) is 10.1 Å². The molecule has 0 atom stereocenters. The average molecular weight is 418 g/mol. The van der Waals surface area contributed by atoms with E-state index in [-0.39, 0.29) is 17.3 Å². The quantitative estimate of drug-likeness (QED) is 0.266. The zero-order chi connectivity index (χ0) is 22.0. The minimum atomic E-state index is -0.659. The summed E-state index contributed by atoms with van der Waals surface area (Å²) in [6, 6.07) is 15.6. The molecule has 9 nitrogen and oxygen atoms in total. The van der Waals surface area contributed by atoms with E-state index in [0.29, 0.717) is 22.6 Å². The van der Waals surface area contributed by atoms with E-state index in [9.17, 15) is 19.7 Å². The van der Waals surface area contributed by atoms with Crippen LogP contribution in [0.3, 0.4) is 0 Å². The molecule has 1 aliphatic rings. The average Bonchev–Trinajstić information content (AvgIpc) is 3.40. The standard InChI is InChI=1S/C22H14N2O7/c1-29-21(25)15-4-2-13(3-5-15)19-11-10-17(30-19)12-18-22(26)31-20(23-18)14-6-8-16(9-7-14)24(27)28/h2-12H,1H3/b18-12-. The molecule has 0 fully saturated rings. The van der Waals surface area contributed by atoms with Crippen LogP contribution in [-0.4, -0.2) is 29.9 Å². The lowest BCUT2D eigenvalue weighted by Gasteiger charge is -2.00. The maximum Gasteiger partial charge on any atom is 0.363 e. The summed E-state index contributed by atoms with van der Waals surface area (Å²) in [5, 5.41) is 10.8. The predicted octanol–water partition coefficient (Wildman–Crippen LogP) is 3.99. The van der Waals surface area contributed by atoms with Crippen LogP contribution in [0.15, 0.2) is 75.8 Å². The van der Waals surface area contributed by atoms with Crippen LogP contribution < -0.4 is 0 Å². The SMILES string of the molecule is COC(=O)c1ccc(-c2ccc(/C=C3\N=C(c4ccc([N+](=O)[O-])cc4)OC3=O)o2)cc1. The van der Waals surface area contributed by atoms with Crippen molar-refractivity contribution < 1.29 is 28.4 Å². The summed E-state index contributed by atoms with van der Waals surface area (Å²) < 4.78 is 15.6. The van der Waals surface area contributed by atoms with Gasteiger partial charge in [0, 0.05) is 29.3 Å². The van der Waals surface area contributed by atoms with Crippen molar-refractivity contribution in [3.8, 4) is 11.3 Å². The van der Waals surface area contributed by atoms with E-state index in [1.165, 1.54) is 37.5 Å². The highest BCUT2D eigenvalue weighted by Gasteiger charge is 2.25. The van der Waals surface area contributed by atoms with Crippen molar-refractivity contribution in [1.82, 2.24) is 0 Å². The normalized spacial score (nSPS) is 14.3. The molecule has 3 aromatic rings. The van der Waals surface area contributed by atoms with Gasteiger partial charge in [0.25, 0.3) is 5.69 Å². The van der Waals surface area contributed by atoms with Crippen LogP contribution in [0.2, 0.25) is 0 Å². The molecule has 2 heterocycles. The summed E-state index contributed by atoms with van der Waals surface area (Å²) in [7, 11) is 1.31. The molecular weight excluding hydrogens is 404 g/mol. The number of hydrogen-bond donors (Lipinski definition) is 0. The Kier molecular flexibility index (Phi) is 5.15. The molecule has 0 spiro atoms. The molecule has 1 aliphatic heterocycles. The second kappa shape index (κ2) is 8.07. The number of furan rings is 1. The zero-order valence-electron chi connectivity index (χ0n) is 16.1. The Hall–Kier alpha value is -4.53. The number of methoxy groups -OCH3 is 1. The molecule has 0 amide bonds. The molecule has 0 aliphatic carbocycles. The molecule has 154 valence electrons. The van der Waals surface area contributed by atoms with Gasteiger partial charge >= 0.3 is 11.9 Å². The predicted molar refractivity (Wildman–Crippen MR) is 109 cm³/mol. The van der Waals surface area contributed by atoms with Crippen LogP contribution in [0, 0.1) is 10.1 Å². The largest absolute Gasteiger partial charge is 0.465 e. The Morgan fingerprint density at radius 1 is 1.03 bits per heavy atom. The fourth-order valence-electron chi connectivity index (χ4n) is 2.87. The van der Waals surface area contributed by atoms with Crippen molar-refractivity contribution in [1.29, 1.82) is 0 Å². The van der Waals surface area contributed by atoms with Crippen molar-refractivity contribution in [2.75, 3.05) is 7.11 Å². The summed E-state index contributed by atoms with van der Waals surface area (Å²) >= 11 is 0. The number of nitrogens with zero attached hydrogens (tertiary/aromatic N) is 2. The Morgan fingerprint density at radius 3 is 2.35 bits per heavy atom. The van der Waals surface area contributed by atoms with E-state index in [2.05, 4.69) is 9.73 Å². The molecule has 0 saturated carbocycles. The van der Waals surface area contributed by atoms with Crippen molar-refractivity contribution in [3.05, 3.63) is 93.4 Å². The first kappa shape index (κ1) is 19.8. The Balaban J connectivity index is 1.55. The second-order valence-electron chi connectivity index (χ2n) is 6.41. The number of hydrogen-bond acceptors (Lipinski definition) is 8. The van der Waals surface area contributed by atoms with Crippen LogP contribution >= 0.6 is 0 Å². The lowest BCUT2D eigenvalue weighted by atomic mass is 10.1. The Labute approximate surface area is 175 Å². The van der Waals surface area contributed by atoms with Gasteiger partial charge in [-0.05, 0) is 36.4 Å². The van der Waals surface area contributed by atoms with Gasteiger partial charge in [0.05, 0.1) is 17.6 Å². The molecule has 4 rings (SSSR count). The zero-order valence-corrected chi connectivity index (χ0v) is 16.1. The minimum Gasteiger partial charge on any atom is -0.465 e. The number of carbonyl (C=O) groups excluding carboxylic acids is 2. The van der Waals surface area contributed by atoms with Gasteiger partial charge in [-0.1, -0.05) is 12.1 Å². The number of ether oxygens (including phenoxy) is 2. The molecular formula is C22H14N2O7. The summed E-state index contributed by atoms with van der Waals surface area (Å²) in [5.41, 5.74) is 1.55. The van der Waals surface area contributed by atoms with Gasteiger partial charge in [-0.2, -0.15) is 0 Å². The highest BCUT2D eigenvalue weighted by Crippen LogP contribution is 2.26. The van der Waals surface area contributed by atoms with Gasteiger partial charge in [0.15, 0.2) is 5.70 Å². The van der Waals surface area contributed by atoms with Crippen LogP contribution in [0.5, 0.6) is 0 Å². The van der Waals surface area contributed by atoms with Gasteiger partial charge < -0.3 is 13.9 Å². The minimum absolute atomic E-state index is 0.0373. The number of cyclic esters (lactones) is 1. The maximum atomic E-state index is 12.1. The van der Waals surface area contributed by atoms with E-state index in [4.69, 9.17) is 9.15 Å². The number of rotatable bonds is 5. The van der Waals surface area contributed by atoms with Crippen molar-refractivity contribution >= 4 is 29.6 Å². The van der Waals surface area contributed by atoms with Crippen molar-refractivity contribution in [2.45, 2.75) is 0 Å². The van der Waals surface area contributed by atoms with E-state index in [0.717, 1.165) is 5.56 Å². The number of esters is 2. The molecule has 9 heteroatoms. The molecule has 0 bridgehead atoms. The van der Waals surface area contributed by atoms with Gasteiger partial charge in [-0.25, -0.2) is 14.6 Å². The molecule has 0 radical (unpaired) electrons. The first-order valence-electron chi connectivity index (χ1n) is 9.00. The highest BCUT2D eigenvalue weighted by molar-refractivity contribution is 6.12. The fourth-order valence-corrected chi connectivity index (χ4v) is 2.87. The number of aliphatic imine (C=N–C) groups is 1. The summed E-state index contributed by atoms with van der Waals surface area (Å²) in [6.45, 7) is 0. The summed E-state index contributed by atoms with van der Waals surface area (Å²) in [4.78, 5) is 38.1. The third-order valence-corrected chi connectivity index (χ3v) is 4.44. The molecule has 31 heavy (non-hydrogen) atoms. The number of nitro benzene ring substituents is 1. The van der Waals surface area contributed by atoms with Crippen molar-refractivity contribution in [2.24, 2.45) is 4.99 Å². The molecule has 2 aromatic carbocycles.